The van der Waals surface area contributed by atoms with E-state index in [9.17, 15) is 20.1 Å². The molecule has 0 bridgehead atoms. The Labute approximate surface area is 335 Å². The zero-order chi connectivity index (χ0) is 39.6. The Hall–Kier alpha value is -6.10. The fraction of sp³-hybridized carbons (Fsp3) is 0.425. The fourth-order valence-corrected chi connectivity index (χ4v) is 8.54. The first-order valence-electron chi connectivity index (χ1n) is 19.4. The minimum absolute atomic E-state index is 0.255. The number of amides is 3. The molecule has 8 rings (SSSR count). The monoisotopic (exact) mass is 786 g/mol. The number of urea groups is 1. The minimum Gasteiger partial charge on any atom is -0.368 e. The average Bonchev–Trinajstić information content (AvgIpc) is 3.88. The summed E-state index contributed by atoms with van der Waals surface area (Å²) < 4.78 is 3.33. The predicted molar refractivity (Wildman–Crippen MR) is 215 cm³/mol. The van der Waals surface area contributed by atoms with Gasteiger partial charge in [-0.3, -0.25) is 19.9 Å². The molecule has 0 unspecified atom stereocenters. The average molecular weight is 787 g/mol. The third-order valence-corrected chi connectivity index (χ3v) is 11.7. The van der Waals surface area contributed by atoms with Gasteiger partial charge in [0.1, 0.15) is 17.8 Å². The number of carbonyl (C=O) groups is 2. The summed E-state index contributed by atoms with van der Waals surface area (Å²) in [5.74, 6) is 1.23. The fourth-order valence-electron chi connectivity index (χ4n) is 8.27. The Kier molecular flexibility index (Phi) is 10.7. The maximum Gasteiger partial charge on any atom is 0.328 e. The van der Waals surface area contributed by atoms with Crippen LogP contribution in [0.4, 0.5) is 21.9 Å². The lowest BCUT2D eigenvalue weighted by Gasteiger charge is -2.42. The molecule has 16 nitrogen and oxygen atoms in total. The van der Waals surface area contributed by atoms with E-state index in [4.69, 9.17) is 11.6 Å². The standard InChI is InChI=1S/C40H43ClN14O2/c1-25(18-42)47-33-17-37(55-39-30(21-46-55)15-28(19-43)20-45-39)44-22-36(33)54-24-34(49-50-54)29-5-3-27(4-6-29)9-11-51-13-14-52(26(2)23-51)31-7-8-35(32(41)16-31)53-12-10-38(56)48-40(53)57/h7-8,15-17,20-22,24-27,29H,3-6,9-14,23H2,1-2H3,(H,44,47)(H,48,56,57)/t25-,26-,27?,29?/m1/s1. The van der Waals surface area contributed by atoms with Crippen molar-refractivity contribution in [3.8, 4) is 23.6 Å². The highest BCUT2D eigenvalue weighted by Gasteiger charge is 2.30. The molecule has 5 aromatic rings. The van der Waals surface area contributed by atoms with Crippen LogP contribution in [0.5, 0.6) is 0 Å². The van der Waals surface area contributed by atoms with Gasteiger partial charge in [0, 0.05) is 67.9 Å². The van der Waals surface area contributed by atoms with E-state index >= 15 is 0 Å². The summed E-state index contributed by atoms with van der Waals surface area (Å²) in [6, 6.07) is 13.1. The molecule has 0 spiro atoms. The molecule has 3 fully saturated rings. The van der Waals surface area contributed by atoms with E-state index in [1.807, 2.05) is 30.5 Å². The molecule has 3 aliphatic rings. The number of nitrogens with zero attached hydrogens (tertiary/aromatic N) is 12. The van der Waals surface area contributed by atoms with Gasteiger partial charge in [-0.15, -0.1) is 5.10 Å². The third kappa shape index (κ3) is 7.96. The summed E-state index contributed by atoms with van der Waals surface area (Å²) in [5, 5.41) is 39.3. The molecule has 1 aliphatic carbocycles. The molecule has 2 aliphatic heterocycles. The third-order valence-electron chi connectivity index (χ3n) is 11.4. The number of carbonyl (C=O) groups excluding carboxylic acids is 2. The molecule has 4 aromatic heterocycles. The van der Waals surface area contributed by atoms with E-state index < -0.39 is 12.1 Å². The van der Waals surface area contributed by atoms with E-state index in [1.54, 1.807) is 34.7 Å². The number of rotatable bonds is 10. The molecule has 292 valence electrons. The number of pyridine rings is 2. The normalized spacial score (nSPS) is 20.9. The number of anilines is 3. The topological polar surface area (TPSA) is 190 Å². The number of nitrogens with one attached hydrogen (secondary N) is 2. The van der Waals surface area contributed by atoms with Crippen molar-refractivity contribution in [2.45, 2.75) is 70.4 Å². The number of imide groups is 1. The quantitative estimate of drug-likeness (QED) is 0.179. The number of nitriles is 2. The number of benzene rings is 1. The first-order valence-corrected chi connectivity index (χ1v) is 19.8. The van der Waals surface area contributed by atoms with Crippen LogP contribution in [-0.4, -0.2) is 96.4 Å². The summed E-state index contributed by atoms with van der Waals surface area (Å²) in [6.45, 7) is 8.24. The summed E-state index contributed by atoms with van der Waals surface area (Å²) >= 11 is 6.67. The van der Waals surface area contributed by atoms with Crippen molar-refractivity contribution in [1.29, 1.82) is 10.5 Å². The Morgan fingerprint density at radius 3 is 2.61 bits per heavy atom. The van der Waals surface area contributed by atoms with Crippen molar-refractivity contribution < 1.29 is 9.59 Å². The van der Waals surface area contributed by atoms with E-state index in [2.05, 4.69) is 64.9 Å². The maximum atomic E-state index is 12.4. The van der Waals surface area contributed by atoms with Crippen molar-refractivity contribution in [3.63, 3.8) is 0 Å². The summed E-state index contributed by atoms with van der Waals surface area (Å²) in [5.41, 5.74) is 4.96. The molecule has 57 heavy (non-hydrogen) atoms. The highest BCUT2D eigenvalue weighted by Crippen LogP contribution is 2.38. The van der Waals surface area contributed by atoms with Crippen LogP contribution in [0.1, 0.15) is 69.5 Å². The second kappa shape index (κ2) is 16.2. The van der Waals surface area contributed by atoms with Gasteiger partial charge < -0.3 is 10.2 Å². The van der Waals surface area contributed by atoms with Gasteiger partial charge in [-0.1, -0.05) is 16.8 Å². The van der Waals surface area contributed by atoms with E-state index in [1.165, 1.54) is 11.1 Å². The number of hydrogen-bond acceptors (Lipinski definition) is 12. The lowest BCUT2D eigenvalue weighted by atomic mass is 9.79. The Bertz CT molecular complexity index is 2390. The molecule has 6 heterocycles. The van der Waals surface area contributed by atoms with Gasteiger partial charge in [-0.05, 0) is 82.7 Å². The Balaban J connectivity index is 0.852. The smallest absolute Gasteiger partial charge is 0.328 e. The Morgan fingerprint density at radius 2 is 1.86 bits per heavy atom. The van der Waals surface area contributed by atoms with Gasteiger partial charge in [-0.2, -0.15) is 20.3 Å². The van der Waals surface area contributed by atoms with Gasteiger partial charge in [0.2, 0.25) is 5.91 Å². The van der Waals surface area contributed by atoms with Gasteiger partial charge in [0.05, 0.1) is 52.3 Å². The number of piperazine rings is 1. The van der Waals surface area contributed by atoms with Gasteiger partial charge >= 0.3 is 6.03 Å². The molecule has 1 saturated carbocycles. The van der Waals surface area contributed by atoms with E-state index in [-0.39, 0.29) is 12.3 Å². The number of hydrogen-bond donors (Lipinski definition) is 2. The van der Waals surface area contributed by atoms with Crippen molar-refractivity contribution >= 4 is 51.6 Å². The zero-order valence-corrected chi connectivity index (χ0v) is 32.6. The van der Waals surface area contributed by atoms with E-state index in [0.717, 1.165) is 75.1 Å². The maximum absolute atomic E-state index is 12.4. The number of fused-ring (bicyclic) bond motifs is 1. The van der Waals surface area contributed by atoms with Crippen LogP contribution in [0.3, 0.4) is 0 Å². The lowest BCUT2D eigenvalue weighted by molar-refractivity contribution is -0.120. The predicted octanol–water partition coefficient (Wildman–Crippen LogP) is 5.57. The zero-order valence-electron chi connectivity index (χ0n) is 31.8. The van der Waals surface area contributed by atoms with Crippen LogP contribution in [0, 0.1) is 28.6 Å². The van der Waals surface area contributed by atoms with Crippen LogP contribution >= 0.6 is 11.6 Å². The first kappa shape index (κ1) is 37.8. The molecule has 17 heteroatoms. The lowest BCUT2D eigenvalue weighted by Crippen LogP contribution is -2.52. The molecule has 1 aromatic carbocycles. The van der Waals surface area contributed by atoms with Gasteiger partial charge in [0.15, 0.2) is 11.5 Å². The second-order valence-corrected chi connectivity index (χ2v) is 15.6. The number of halogens is 1. The van der Waals surface area contributed by atoms with Crippen LogP contribution in [0.2, 0.25) is 5.02 Å². The molecular formula is C40H43ClN14O2. The first-order chi connectivity index (χ1) is 27.7. The Morgan fingerprint density at radius 1 is 1.02 bits per heavy atom. The van der Waals surface area contributed by atoms with Crippen LogP contribution in [0.15, 0.2) is 55.1 Å². The summed E-state index contributed by atoms with van der Waals surface area (Å²) in [4.78, 5) is 39.5. The SMILES string of the molecule is C[C@H](C#N)Nc1cc(-n2ncc3cc(C#N)cnc32)ncc1-n1cc(C2CCC(CCN3CCN(c4ccc(N5CCC(=O)NC5=O)c(Cl)c4)[C@H](C)C3)CC2)nn1. The van der Waals surface area contributed by atoms with Crippen LogP contribution < -0.4 is 20.4 Å². The minimum atomic E-state index is -0.474. The van der Waals surface area contributed by atoms with Crippen molar-refractivity contribution in [1.82, 2.24) is 45.0 Å². The van der Waals surface area contributed by atoms with Crippen molar-refractivity contribution in [2.75, 3.05) is 47.8 Å². The van der Waals surface area contributed by atoms with Crippen molar-refractivity contribution in [3.05, 3.63) is 71.4 Å². The molecule has 2 saturated heterocycles. The molecule has 3 amide bonds. The van der Waals surface area contributed by atoms with Gasteiger partial charge in [-0.25, -0.2) is 19.4 Å². The second-order valence-electron chi connectivity index (χ2n) is 15.2. The van der Waals surface area contributed by atoms with Gasteiger partial charge in [0.25, 0.3) is 0 Å². The highest BCUT2D eigenvalue weighted by molar-refractivity contribution is 6.34. The molecular weight excluding hydrogens is 744 g/mol. The van der Waals surface area contributed by atoms with Crippen molar-refractivity contribution in [2.24, 2.45) is 5.92 Å². The van der Waals surface area contributed by atoms with E-state index in [0.29, 0.717) is 63.5 Å². The molecule has 2 atom stereocenters. The highest BCUT2D eigenvalue weighted by atomic mass is 35.5. The summed E-state index contributed by atoms with van der Waals surface area (Å²) in [7, 11) is 0. The summed E-state index contributed by atoms with van der Waals surface area (Å²) in [6.07, 6.45) is 12.7. The number of aromatic nitrogens is 7. The van der Waals surface area contributed by atoms with Crippen LogP contribution in [-0.2, 0) is 4.79 Å². The van der Waals surface area contributed by atoms with Crippen LogP contribution in [0.25, 0.3) is 22.5 Å². The molecule has 2 N–H and O–H groups in total. The largest absolute Gasteiger partial charge is 0.368 e. The molecule has 0 radical (unpaired) electrons.